The van der Waals surface area contributed by atoms with Crippen molar-refractivity contribution in [3.63, 3.8) is 0 Å². The third kappa shape index (κ3) is 5.34. The fraction of sp³-hybridized carbons (Fsp3) is 0.385. The van der Waals surface area contributed by atoms with Crippen LogP contribution in [-0.4, -0.2) is 17.5 Å². The van der Waals surface area contributed by atoms with Crippen LogP contribution < -0.4 is 11.1 Å². The van der Waals surface area contributed by atoms with E-state index in [4.69, 9.17) is 10.5 Å². The molecule has 1 rings (SSSR count). The number of hydrogen-bond donors (Lipinski definition) is 2. The Kier molecular flexibility index (Phi) is 4.31. The van der Waals surface area contributed by atoms with E-state index >= 15 is 0 Å². The Morgan fingerprint density at radius 1 is 1.22 bits per heavy atom. The van der Waals surface area contributed by atoms with Crippen molar-refractivity contribution in [2.75, 3.05) is 11.1 Å². The van der Waals surface area contributed by atoms with E-state index in [9.17, 15) is 9.59 Å². The first-order chi connectivity index (χ1) is 8.26. The maximum atomic E-state index is 11.6. The number of amides is 1. The Bertz CT molecular complexity index is 433. The van der Waals surface area contributed by atoms with Gasteiger partial charge in [0, 0.05) is 11.4 Å². The van der Waals surface area contributed by atoms with Crippen molar-refractivity contribution in [2.45, 2.75) is 32.8 Å². The Hall–Kier alpha value is -2.04. The van der Waals surface area contributed by atoms with Crippen molar-refractivity contribution in [2.24, 2.45) is 0 Å². The first-order valence-corrected chi connectivity index (χ1v) is 5.63. The Morgan fingerprint density at radius 2 is 1.78 bits per heavy atom. The van der Waals surface area contributed by atoms with Crippen molar-refractivity contribution in [3.8, 4) is 0 Å². The third-order valence-corrected chi connectivity index (χ3v) is 1.92. The second-order valence-corrected chi connectivity index (χ2v) is 4.93. The van der Waals surface area contributed by atoms with Crippen LogP contribution in [0, 0.1) is 0 Å². The SMILES string of the molecule is CC(C)(C)OC(=O)CC(=O)Nc1ccc(N)cc1. The summed E-state index contributed by atoms with van der Waals surface area (Å²) in [5.74, 6) is -0.954. The molecule has 0 unspecified atom stereocenters. The van der Waals surface area contributed by atoms with E-state index in [0.717, 1.165) is 0 Å². The smallest absolute Gasteiger partial charge is 0.315 e. The Morgan fingerprint density at radius 3 is 2.28 bits per heavy atom. The van der Waals surface area contributed by atoms with E-state index in [1.807, 2.05) is 0 Å². The lowest BCUT2D eigenvalue weighted by Gasteiger charge is -2.19. The number of carbonyl (C=O) groups is 2. The van der Waals surface area contributed by atoms with E-state index in [2.05, 4.69) is 5.32 Å². The van der Waals surface area contributed by atoms with Gasteiger partial charge in [-0.2, -0.15) is 0 Å². The van der Waals surface area contributed by atoms with E-state index < -0.39 is 17.5 Å². The summed E-state index contributed by atoms with van der Waals surface area (Å²) >= 11 is 0. The molecule has 1 amide bonds. The van der Waals surface area contributed by atoms with Crippen molar-refractivity contribution >= 4 is 23.3 Å². The van der Waals surface area contributed by atoms with E-state index in [1.165, 1.54) is 0 Å². The van der Waals surface area contributed by atoms with Crippen LogP contribution in [0.15, 0.2) is 24.3 Å². The Balaban J connectivity index is 2.47. The van der Waals surface area contributed by atoms with Gasteiger partial charge in [-0.1, -0.05) is 0 Å². The van der Waals surface area contributed by atoms with Crippen molar-refractivity contribution in [3.05, 3.63) is 24.3 Å². The number of nitrogens with one attached hydrogen (secondary N) is 1. The topological polar surface area (TPSA) is 81.4 Å². The molecule has 3 N–H and O–H groups in total. The molecule has 0 spiro atoms. The largest absolute Gasteiger partial charge is 0.460 e. The number of ether oxygens (including phenoxy) is 1. The summed E-state index contributed by atoms with van der Waals surface area (Å²) in [6.07, 6.45) is -0.304. The minimum Gasteiger partial charge on any atom is -0.460 e. The van der Waals surface area contributed by atoms with Crippen LogP contribution in [0.1, 0.15) is 27.2 Å². The fourth-order valence-corrected chi connectivity index (χ4v) is 1.28. The first kappa shape index (κ1) is 14.0. The highest BCUT2D eigenvalue weighted by Crippen LogP contribution is 2.12. The second kappa shape index (κ2) is 5.53. The molecular formula is C13H18N2O3. The van der Waals surface area contributed by atoms with Crippen LogP contribution >= 0.6 is 0 Å². The lowest BCUT2D eigenvalue weighted by molar-refractivity contribution is -0.155. The first-order valence-electron chi connectivity index (χ1n) is 5.63. The average molecular weight is 250 g/mol. The van der Waals surface area contributed by atoms with Crippen LogP contribution in [-0.2, 0) is 14.3 Å². The lowest BCUT2D eigenvalue weighted by atomic mass is 10.2. The summed E-state index contributed by atoms with van der Waals surface area (Å²) < 4.78 is 5.05. The van der Waals surface area contributed by atoms with Gasteiger partial charge in [0.1, 0.15) is 12.0 Å². The van der Waals surface area contributed by atoms with Gasteiger partial charge >= 0.3 is 5.97 Å². The molecule has 0 aliphatic rings. The summed E-state index contributed by atoms with van der Waals surface area (Å²) in [6.45, 7) is 5.26. The molecule has 0 atom stereocenters. The Labute approximate surface area is 106 Å². The number of esters is 1. The number of nitrogen functional groups attached to an aromatic ring is 1. The van der Waals surface area contributed by atoms with E-state index in [0.29, 0.717) is 11.4 Å². The zero-order valence-corrected chi connectivity index (χ0v) is 10.8. The quantitative estimate of drug-likeness (QED) is 0.488. The van der Waals surface area contributed by atoms with Gasteiger partial charge in [-0.05, 0) is 45.0 Å². The molecule has 98 valence electrons. The average Bonchev–Trinajstić information content (AvgIpc) is 2.18. The standard InChI is InChI=1S/C13H18N2O3/c1-13(2,3)18-12(17)8-11(16)15-10-6-4-9(14)5-7-10/h4-7H,8,14H2,1-3H3,(H,15,16). The number of hydrogen-bond acceptors (Lipinski definition) is 4. The monoisotopic (exact) mass is 250 g/mol. The van der Waals surface area contributed by atoms with Crippen LogP contribution in [0.3, 0.4) is 0 Å². The van der Waals surface area contributed by atoms with Gasteiger partial charge in [-0.3, -0.25) is 9.59 Å². The molecule has 5 heteroatoms. The molecule has 0 aliphatic carbocycles. The molecule has 0 saturated heterocycles. The van der Waals surface area contributed by atoms with Gasteiger partial charge in [0.2, 0.25) is 5.91 Å². The van der Waals surface area contributed by atoms with E-state index in [-0.39, 0.29) is 6.42 Å². The maximum Gasteiger partial charge on any atom is 0.315 e. The molecule has 0 radical (unpaired) electrons. The molecule has 0 aliphatic heterocycles. The summed E-state index contributed by atoms with van der Waals surface area (Å²) in [5, 5.41) is 2.59. The van der Waals surface area contributed by atoms with Gasteiger partial charge in [-0.15, -0.1) is 0 Å². The highest BCUT2D eigenvalue weighted by atomic mass is 16.6. The normalized spacial score (nSPS) is 10.8. The van der Waals surface area contributed by atoms with Crippen molar-refractivity contribution < 1.29 is 14.3 Å². The molecule has 0 saturated carbocycles. The summed E-state index contributed by atoms with van der Waals surface area (Å²) in [4.78, 5) is 23.0. The van der Waals surface area contributed by atoms with Crippen molar-refractivity contribution in [1.29, 1.82) is 0 Å². The number of nitrogens with two attached hydrogens (primary N) is 1. The number of benzene rings is 1. The highest BCUT2D eigenvalue weighted by molar-refractivity contribution is 6.01. The van der Waals surface area contributed by atoms with Gasteiger partial charge in [0.15, 0.2) is 0 Å². The molecule has 1 aromatic rings. The summed E-state index contributed by atoms with van der Waals surface area (Å²) in [7, 11) is 0. The molecular weight excluding hydrogens is 232 g/mol. The number of anilines is 2. The molecule has 5 nitrogen and oxygen atoms in total. The zero-order chi connectivity index (χ0) is 13.8. The minimum atomic E-state index is -0.585. The molecule has 0 heterocycles. The minimum absolute atomic E-state index is 0.304. The van der Waals surface area contributed by atoms with Gasteiger partial charge in [-0.25, -0.2) is 0 Å². The van der Waals surface area contributed by atoms with Crippen LogP contribution in [0.2, 0.25) is 0 Å². The molecule has 0 fully saturated rings. The van der Waals surface area contributed by atoms with Crippen LogP contribution in [0.4, 0.5) is 11.4 Å². The molecule has 0 aromatic heterocycles. The fourth-order valence-electron chi connectivity index (χ4n) is 1.28. The maximum absolute atomic E-state index is 11.6. The van der Waals surface area contributed by atoms with Crippen molar-refractivity contribution in [1.82, 2.24) is 0 Å². The van der Waals surface area contributed by atoms with Gasteiger partial charge < -0.3 is 15.8 Å². The zero-order valence-electron chi connectivity index (χ0n) is 10.8. The molecule has 18 heavy (non-hydrogen) atoms. The third-order valence-electron chi connectivity index (χ3n) is 1.92. The predicted octanol–water partition coefficient (Wildman–Crippen LogP) is 1.94. The lowest BCUT2D eigenvalue weighted by Crippen LogP contribution is -2.27. The highest BCUT2D eigenvalue weighted by Gasteiger charge is 2.18. The number of carbonyl (C=O) groups excluding carboxylic acids is 2. The molecule has 0 bridgehead atoms. The summed E-state index contributed by atoms with van der Waals surface area (Å²) in [5.41, 5.74) is 6.14. The van der Waals surface area contributed by atoms with Crippen LogP contribution in [0.5, 0.6) is 0 Å². The summed E-state index contributed by atoms with van der Waals surface area (Å²) in [6, 6.07) is 6.68. The van der Waals surface area contributed by atoms with Gasteiger partial charge in [0.25, 0.3) is 0 Å². The number of rotatable bonds is 3. The van der Waals surface area contributed by atoms with Gasteiger partial charge in [0.05, 0.1) is 0 Å². The molecule has 1 aromatic carbocycles. The second-order valence-electron chi connectivity index (χ2n) is 4.93. The van der Waals surface area contributed by atoms with Crippen LogP contribution in [0.25, 0.3) is 0 Å². The van der Waals surface area contributed by atoms with E-state index in [1.54, 1.807) is 45.0 Å². The predicted molar refractivity (Wildman–Crippen MR) is 69.9 cm³/mol.